The maximum Gasteiger partial charge on any atom is 0.137 e. The van der Waals surface area contributed by atoms with Crippen LogP contribution in [0.2, 0.25) is 0 Å². The molecular formula is C16H26NO3+. The number of quaternary nitrogens is 1. The third kappa shape index (κ3) is 4.20. The van der Waals surface area contributed by atoms with E-state index in [0.717, 1.165) is 44.2 Å². The molecule has 20 heavy (non-hydrogen) atoms. The number of nitrogens with one attached hydrogen (secondary N) is 1. The van der Waals surface area contributed by atoms with Gasteiger partial charge in [-0.25, -0.2) is 0 Å². The van der Waals surface area contributed by atoms with E-state index in [2.05, 4.69) is 26.8 Å². The molecule has 2 N–H and O–H groups in total. The van der Waals surface area contributed by atoms with Gasteiger partial charge in [-0.2, -0.15) is 0 Å². The molecule has 1 fully saturated rings. The number of hydrogen-bond acceptors (Lipinski definition) is 3. The lowest BCUT2D eigenvalue weighted by atomic mass is 10.1. The van der Waals surface area contributed by atoms with E-state index in [-0.39, 0.29) is 0 Å². The van der Waals surface area contributed by atoms with Gasteiger partial charge in [0, 0.05) is 0 Å². The van der Waals surface area contributed by atoms with Crippen LogP contribution in [0.5, 0.6) is 5.75 Å². The molecule has 112 valence electrons. The maximum absolute atomic E-state index is 10.1. The normalized spacial score (nSPS) is 18.0. The Labute approximate surface area is 121 Å². The Bertz CT molecular complexity index is 442. The van der Waals surface area contributed by atoms with Gasteiger partial charge in [-0.15, -0.1) is 0 Å². The largest absolute Gasteiger partial charge is 0.490 e. The van der Waals surface area contributed by atoms with Gasteiger partial charge in [0.25, 0.3) is 0 Å². The maximum atomic E-state index is 10.1. The number of aliphatic hydroxyl groups is 1. The van der Waals surface area contributed by atoms with Crippen LogP contribution in [0.3, 0.4) is 0 Å². The van der Waals surface area contributed by atoms with Crippen LogP contribution in [0.25, 0.3) is 0 Å². The second kappa shape index (κ2) is 7.07. The second-order valence-electron chi connectivity index (χ2n) is 5.74. The Kier molecular flexibility index (Phi) is 5.40. The van der Waals surface area contributed by atoms with Crippen molar-refractivity contribution in [3.8, 4) is 5.75 Å². The highest BCUT2D eigenvalue weighted by Gasteiger charge is 2.19. The van der Waals surface area contributed by atoms with Crippen molar-refractivity contribution in [2.75, 3.05) is 39.5 Å². The number of aryl methyl sites for hydroxylation is 2. The van der Waals surface area contributed by atoms with Crippen LogP contribution in [0.15, 0.2) is 12.1 Å². The average Bonchev–Trinajstić information content (AvgIpc) is 2.42. The Balaban J connectivity index is 1.85. The Hall–Kier alpha value is -1.10. The van der Waals surface area contributed by atoms with E-state index in [1.807, 2.05) is 6.07 Å². The summed E-state index contributed by atoms with van der Waals surface area (Å²) < 4.78 is 11.1. The number of aliphatic hydroxyl groups excluding tert-OH is 1. The third-order valence-electron chi connectivity index (χ3n) is 3.92. The molecular weight excluding hydrogens is 254 g/mol. The molecule has 1 aromatic carbocycles. The molecule has 0 saturated carbocycles. The van der Waals surface area contributed by atoms with Crippen molar-refractivity contribution in [3.63, 3.8) is 0 Å². The minimum Gasteiger partial charge on any atom is -0.490 e. The Morgan fingerprint density at radius 2 is 1.95 bits per heavy atom. The van der Waals surface area contributed by atoms with Crippen molar-refractivity contribution in [1.29, 1.82) is 0 Å². The molecule has 0 aliphatic carbocycles. The molecule has 0 bridgehead atoms. The fourth-order valence-electron chi connectivity index (χ4n) is 2.59. The van der Waals surface area contributed by atoms with Crippen molar-refractivity contribution < 1.29 is 19.5 Å². The Morgan fingerprint density at radius 3 is 2.65 bits per heavy atom. The van der Waals surface area contributed by atoms with Crippen LogP contribution in [-0.2, 0) is 4.74 Å². The third-order valence-corrected chi connectivity index (χ3v) is 3.92. The van der Waals surface area contributed by atoms with Gasteiger partial charge in [-0.1, -0.05) is 6.07 Å². The first-order valence-electron chi connectivity index (χ1n) is 7.36. The van der Waals surface area contributed by atoms with E-state index in [1.54, 1.807) is 0 Å². The Morgan fingerprint density at radius 1 is 1.25 bits per heavy atom. The summed E-state index contributed by atoms with van der Waals surface area (Å²) >= 11 is 0. The van der Waals surface area contributed by atoms with Crippen molar-refractivity contribution in [3.05, 3.63) is 28.8 Å². The molecule has 1 aromatic rings. The molecule has 1 atom stereocenters. The van der Waals surface area contributed by atoms with Crippen LogP contribution in [0, 0.1) is 20.8 Å². The first kappa shape index (κ1) is 15.3. The fraction of sp³-hybridized carbons (Fsp3) is 0.625. The standard InChI is InChI=1S/C16H25NO3/c1-12-8-13(2)14(3)16(9-12)20-11-15(18)10-17-4-6-19-7-5-17/h8-9,15,18H,4-7,10-11H2,1-3H3/p+1/t15-/m1/s1. The number of benzene rings is 1. The van der Waals surface area contributed by atoms with E-state index >= 15 is 0 Å². The molecule has 2 rings (SSSR count). The van der Waals surface area contributed by atoms with Gasteiger partial charge in [0.1, 0.15) is 38.1 Å². The number of hydrogen-bond donors (Lipinski definition) is 2. The first-order chi connectivity index (χ1) is 9.56. The van der Waals surface area contributed by atoms with E-state index in [9.17, 15) is 5.11 Å². The van der Waals surface area contributed by atoms with Gasteiger partial charge in [-0.05, 0) is 43.5 Å². The predicted octanol–water partition coefficient (Wildman–Crippen LogP) is 0.267. The van der Waals surface area contributed by atoms with E-state index in [1.165, 1.54) is 16.0 Å². The monoisotopic (exact) mass is 280 g/mol. The SMILES string of the molecule is Cc1cc(C)c(C)c(OC[C@H](O)C[NH+]2CCOCC2)c1. The summed E-state index contributed by atoms with van der Waals surface area (Å²) in [6.07, 6.45) is -0.427. The van der Waals surface area contributed by atoms with Crippen LogP contribution in [0.1, 0.15) is 16.7 Å². The lowest BCUT2D eigenvalue weighted by Crippen LogP contribution is -3.15. The molecule has 0 spiro atoms. The van der Waals surface area contributed by atoms with Crippen LogP contribution in [-0.4, -0.2) is 50.7 Å². The molecule has 4 nitrogen and oxygen atoms in total. The second-order valence-corrected chi connectivity index (χ2v) is 5.74. The lowest BCUT2D eigenvalue weighted by Gasteiger charge is -2.26. The molecule has 1 heterocycles. The molecule has 0 amide bonds. The smallest absolute Gasteiger partial charge is 0.137 e. The van der Waals surface area contributed by atoms with E-state index < -0.39 is 6.10 Å². The molecule has 1 saturated heterocycles. The highest BCUT2D eigenvalue weighted by atomic mass is 16.5. The van der Waals surface area contributed by atoms with Gasteiger partial charge in [0.15, 0.2) is 0 Å². The lowest BCUT2D eigenvalue weighted by molar-refractivity contribution is -0.911. The summed E-state index contributed by atoms with van der Waals surface area (Å²) in [6.45, 7) is 10.8. The highest BCUT2D eigenvalue weighted by Crippen LogP contribution is 2.23. The highest BCUT2D eigenvalue weighted by molar-refractivity contribution is 5.41. The van der Waals surface area contributed by atoms with Crippen molar-refractivity contribution in [2.24, 2.45) is 0 Å². The summed E-state index contributed by atoms with van der Waals surface area (Å²) in [5.74, 6) is 0.888. The summed E-state index contributed by atoms with van der Waals surface area (Å²) in [5.41, 5.74) is 3.58. The van der Waals surface area contributed by atoms with Crippen molar-refractivity contribution in [2.45, 2.75) is 26.9 Å². The first-order valence-corrected chi connectivity index (χ1v) is 7.36. The average molecular weight is 280 g/mol. The van der Waals surface area contributed by atoms with Crippen molar-refractivity contribution >= 4 is 0 Å². The minimum absolute atomic E-state index is 0.355. The molecule has 0 radical (unpaired) electrons. The number of rotatable bonds is 5. The van der Waals surface area contributed by atoms with Gasteiger partial charge in [0.2, 0.25) is 0 Å². The van der Waals surface area contributed by atoms with Crippen molar-refractivity contribution in [1.82, 2.24) is 0 Å². The summed E-state index contributed by atoms with van der Waals surface area (Å²) in [5, 5.41) is 10.1. The topological polar surface area (TPSA) is 43.1 Å². The zero-order chi connectivity index (χ0) is 14.5. The van der Waals surface area contributed by atoms with Crippen LogP contribution < -0.4 is 9.64 Å². The molecule has 0 aromatic heterocycles. The number of ether oxygens (including phenoxy) is 2. The van der Waals surface area contributed by atoms with E-state index in [4.69, 9.17) is 9.47 Å². The quantitative estimate of drug-likeness (QED) is 0.813. The molecule has 4 heteroatoms. The fourth-order valence-corrected chi connectivity index (χ4v) is 2.59. The minimum atomic E-state index is -0.427. The van der Waals surface area contributed by atoms with Gasteiger partial charge in [-0.3, -0.25) is 0 Å². The zero-order valence-electron chi connectivity index (χ0n) is 12.7. The predicted molar refractivity (Wildman–Crippen MR) is 78.5 cm³/mol. The van der Waals surface area contributed by atoms with Crippen LogP contribution >= 0.6 is 0 Å². The van der Waals surface area contributed by atoms with Gasteiger partial charge < -0.3 is 19.5 Å². The molecule has 1 aliphatic rings. The zero-order valence-corrected chi connectivity index (χ0v) is 12.7. The van der Waals surface area contributed by atoms with E-state index in [0.29, 0.717) is 6.61 Å². The summed E-state index contributed by atoms with van der Waals surface area (Å²) in [7, 11) is 0. The molecule has 0 unspecified atom stereocenters. The number of morpholine rings is 1. The van der Waals surface area contributed by atoms with Crippen LogP contribution in [0.4, 0.5) is 0 Å². The summed E-state index contributed by atoms with van der Waals surface area (Å²) in [6, 6.07) is 4.19. The summed E-state index contributed by atoms with van der Waals surface area (Å²) in [4.78, 5) is 1.39. The van der Waals surface area contributed by atoms with Gasteiger partial charge >= 0.3 is 0 Å². The van der Waals surface area contributed by atoms with Gasteiger partial charge in [0.05, 0.1) is 13.2 Å². The molecule has 1 aliphatic heterocycles.